The Morgan fingerprint density at radius 3 is 2.71 bits per heavy atom. The highest BCUT2D eigenvalue weighted by atomic mass is 19.1. The molecular formula is C13H9FN2O. The second-order valence-corrected chi connectivity index (χ2v) is 3.57. The van der Waals surface area contributed by atoms with Gasteiger partial charge < -0.3 is 0 Å². The maximum Gasteiger partial charge on any atom is 0.240 e. The van der Waals surface area contributed by atoms with Crippen molar-refractivity contribution in [3.05, 3.63) is 47.9 Å². The van der Waals surface area contributed by atoms with E-state index in [-0.39, 0.29) is 5.82 Å². The van der Waals surface area contributed by atoms with Crippen LogP contribution in [0, 0.1) is 12.7 Å². The quantitative estimate of drug-likeness (QED) is 0.585. The van der Waals surface area contributed by atoms with E-state index in [2.05, 4.69) is 9.98 Å². The Bertz CT molecular complexity index is 587. The van der Waals surface area contributed by atoms with Crippen molar-refractivity contribution >= 4 is 11.8 Å². The summed E-state index contributed by atoms with van der Waals surface area (Å²) in [6, 6.07) is 8.17. The highest BCUT2D eigenvalue weighted by Gasteiger charge is 2.02. The van der Waals surface area contributed by atoms with Crippen molar-refractivity contribution in [2.24, 2.45) is 4.99 Å². The summed E-state index contributed by atoms with van der Waals surface area (Å²) in [6.07, 6.45) is 2.92. The third kappa shape index (κ3) is 2.44. The number of pyridine rings is 1. The van der Waals surface area contributed by atoms with Gasteiger partial charge in [-0.1, -0.05) is 0 Å². The smallest absolute Gasteiger partial charge is 0.240 e. The molecule has 0 aliphatic rings. The maximum atomic E-state index is 13.1. The molecule has 0 aliphatic heterocycles. The molecule has 1 heterocycles. The van der Waals surface area contributed by atoms with Crippen molar-refractivity contribution in [3.8, 4) is 11.3 Å². The molecule has 0 radical (unpaired) electrons. The number of isocyanates is 1. The van der Waals surface area contributed by atoms with Crippen LogP contribution in [0.4, 0.5) is 10.1 Å². The monoisotopic (exact) mass is 228 g/mol. The molecule has 0 unspecified atom stereocenters. The molecule has 0 saturated carbocycles. The lowest BCUT2D eigenvalue weighted by Gasteiger charge is -2.03. The van der Waals surface area contributed by atoms with Crippen molar-refractivity contribution in [3.63, 3.8) is 0 Å². The fourth-order valence-corrected chi connectivity index (χ4v) is 1.48. The summed E-state index contributed by atoms with van der Waals surface area (Å²) in [6.45, 7) is 1.70. The van der Waals surface area contributed by atoms with E-state index in [0.29, 0.717) is 16.9 Å². The summed E-state index contributed by atoms with van der Waals surface area (Å²) < 4.78 is 13.1. The summed E-state index contributed by atoms with van der Waals surface area (Å²) in [4.78, 5) is 17.6. The van der Waals surface area contributed by atoms with Gasteiger partial charge in [-0.15, -0.1) is 0 Å². The summed E-state index contributed by atoms with van der Waals surface area (Å²) in [7, 11) is 0. The van der Waals surface area contributed by atoms with Crippen LogP contribution >= 0.6 is 0 Å². The second kappa shape index (κ2) is 4.68. The van der Waals surface area contributed by atoms with Crippen molar-refractivity contribution in [1.82, 2.24) is 4.98 Å². The lowest BCUT2D eigenvalue weighted by atomic mass is 10.1. The highest BCUT2D eigenvalue weighted by Crippen LogP contribution is 2.21. The van der Waals surface area contributed by atoms with Gasteiger partial charge in [-0.25, -0.2) is 9.18 Å². The Labute approximate surface area is 97.7 Å². The number of hydrogen-bond acceptors (Lipinski definition) is 3. The van der Waals surface area contributed by atoms with Crippen LogP contribution in [0.3, 0.4) is 0 Å². The van der Waals surface area contributed by atoms with E-state index in [1.165, 1.54) is 18.3 Å². The fourth-order valence-electron chi connectivity index (χ4n) is 1.48. The molecule has 0 amide bonds. The van der Waals surface area contributed by atoms with Gasteiger partial charge in [0.25, 0.3) is 0 Å². The minimum absolute atomic E-state index is 0.240. The molecule has 0 N–H and O–H groups in total. The molecule has 0 bridgehead atoms. The summed E-state index contributed by atoms with van der Waals surface area (Å²) in [5.74, 6) is -0.240. The molecule has 84 valence electrons. The topological polar surface area (TPSA) is 42.3 Å². The van der Waals surface area contributed by atoms with Crippen LogP contribution in [0.25, 0.3) is 11.3 Å². The molecule has 0 atom stereocenters. The number of benzene rings is 1. The first-order valence-electron chi connectivity index (χ1n) is 5.01. The van der Waals surface area contributed by atoms with Gasteiger partial charge in [0.05, 0.1) is 17.6 Å². The van der Waals surface area contributed by atoms with E-state index in [9.17, 15) is 9.18 Å². The first kappa shape index (κ1) is 11.2. The average molecular weight is 228 g/mol. The predicted molar refractivity (Wildman–Crippen MR) is 62.1 cm³/mol. The van der Waals surface area contributed by atoms with Crippen LogP contribution in [0.5, 0.6) is 0 Å². The number of carbonyl (C=O) groups excluding carboxylic acids is 1. The summed E-state index contributed by atoms with van der Waals surface area (Å²) in [5, 5.41) is 0. The number of halogens is 1. The first-order chi connectivity index (χ1) is 8.20. The van der Waals surface area contributed by atoms with E-state index in [1.54, 1.807) is 31.2 Å². The number of aryl methyl sites for hydroxylation is 1. The number of aromatic nitrogens is 1. The van der Waals surface area contributed by atoms with Gasteiger partial charge in [0.15, 0.2) is 0 Å². The zero-order valence-electron chi connectivity index (χ0n) is 9.14. The number of rotatable bonds is 2. The van der Waals surface area contributed by atoms with E-state index in [1.807, 2.05) is 0 Å². The van der Waals surface area contributed by atoms with Crippen LogP contribution in [0.15, 0.2) is 41.5 Å². The number of nitrogens with zero attached hydrogens (tertiary/aromatic N) is 2. The molecule has 17 heavy (non-hydrogen) atoms. The Morgan fingerprint density at radius 2 is 2.12 bits per heavy atom. The second-order valence-electron chi connectivity index (χ2n) is 3.57. The average Bonchev–Trinajstić information content (AvgIpc) is 2.34. The van der Waals surface area contributed by atoms with Gasteiger partial charge in [-0.3, -0.25) is 4.98 Å². The zero-order valence-corrected chi connectivity index (χ0v) is 9.14. The van der Waals surface area contributed by atoms with Gasteiger partial charge in [0.1, 0.15) is 5.82 Å². The SMILES string of the molecule is Cc1cc(-c2ccc(N=C=O)cn2)ccc1F. The van der Waals surface area contributed by atoms with Gasteiger partial charge >= 0.3 is 0 Å². The van der Waals surface area contributed by atoms with Crippen molar-refractivity contribution < 1.29 is 9.18 Å². The third-order valence-corrected chi connectivity index (χ3v) is 2.38. The van der Waals surface area contributed by atoms with Crippen LogP contribution in [-0.4, -0.2) is 11.1 Å². The van der Waals surface area contributed by atoms with E-state index < -0.39 is 0 Å². The van der Waals surface area contributed by atoms with Crippen molar-refractivity contribution in [2.75, 3.05) is 0 Å². The first-order valence-corrected chi connectivity index (χ1v) is 5.01. The normalized spacial score (nSPS) is 9.76. The zero-order chi connectivity index (χ0) is 12.3. The Hall–Kier alpha value is -2.32. The van der Waals surface area contributed by atoms with Crippen LogP contribution in [-0.2, 0) is 4.79 Å². The van der Waals surface area contributed by atoms with Gasteiger partial charge in [-0.05, 0) is 42.8 Å². The highest BCUT2D eigenvalue weighted by molar-refractivity contribution is 5.62. The van der Waals surface area contributed by atoms with Gasteiger partial charge in [0, 0.05) is 5.56 Å². The van der Waals surface area contributed by atoms with Crippen molar-refractivity contribution in [1.29, 1.82) is 0 Å². The van der Waals surface area contributed by atoms with E-state index in [0.717, 1.165) is 5.56 Å². The van der Waals surface area contributed by atoms with E-state index >= 15 is 0 Å². The third-order valence-electron chi connectivity index (χ3n) is 2.38. The van der Waals surface area contributed by atoms with E-state index in [4.69, 9.17) is 0 Å². The molecule has 2 aromatic rings. The Balaban J connectivity index is 2.39. The molecule has 0 spiro atoms. The summed E-state index contributed by atoms with van der Waals surface area (Å²) >= 11 is 0. The van der Waals surface area contributed by atoms with Crippen LogP contribution in [0.1, 0.15) is 5.56 Å². The van der Waals surface area contributed by atoms with Crippen LogP contribution in [0.2, 0.25) is 0 Å². The number of aliphatic imine (C=N–C) groups is 1. The molecule has 0 aliphatic carbocycles. The molecule has 4 heteroatoms. The molecule has 2 rings (SSSR count). The predicted octanol–water partition coefficient (Wildman–Crippen LogP) is 3.16. The maximum absolute atomic E-state index is 13.1. The van der Waals surface area contributed by atoms with Gasteiger partial charge in [-0.2, -0.15) is 4.99 Å². The molecule has 0 saturated heterocycles. The summed E-state index contributed by atoms with van der Waals surface area (Å²) in [5.41, 5.74) is 2.55. The molecular weight excluding hydrogens is 219 g/mol. The van der Waals surface area contributed by atoms with Crippen molar-refractivity contribution in [2.45, 2.75) is 6.92 Å². The Morgan fingerprint density at radius 1 is 1.29 bits per heavy atom. The number of hydrogen-bond donors (Lipinski definition) is 0. The molecule has 1 aromatic carbocycles. The van der Waals surface area contributed by atoms with Crippen LogP contribution < -0.4 is 0 Å². The standard InChI is InChI=1S/C13H9FN2O/c1-9-6-10(2-4-12(9)14)13-5-3-11(7-15-13)16-8-17/h2-7H,1H3. The van der Waals surface area contributed by atoms with Gasteiger partial charge in [0.2, 0.25) is 6.08 Å². The minimum Gasteiger partial charge on any atom is -0.254 e. The molecule has 3 nitrogen and oxygen atoms in total. The largest absolute Gasteiger partial charge is 0.254 e. The lowest BCUT2D eigenvalue weighted by Crippen LogP contribution is -1.86. The fraction of sp³-hybridized carbons (Fsp3) is 0.0769. The lowest BCUT2D eigenvalue weighted by molar-refractivity contribution is 0.565. The molecule has 0 fully saturated rings. The molecule has 1 aromatic heterocycles. The minimum atomic E-state index is -0.240. The Kier molecular flexibility index (Phi) is 3.08.